The summed E-state index contributed by atoms with van der Waals surface area (Å²) in [7, 11) is 0. The van der Waals surface area contributed by atoms with Crippen LogP contribution in [0.5, 0.6) is 0 Å². The van der Waals surface area contributed by atoms with Crippen LogP contribution in [0, 0.1) is 0 Å². The van der Waals surface area contributed by atoms with Gasteiger partial charge in [0, 0.05) is 25.2 Å². The molecule has 2 rings (SSSR count). The SMILES string of the molecule is CC(=O)NCc1ccc(C(=O)Nc2cnn(C(C)(C)C)c2)cc1. The summed E-state index contributed by atoms with van der Waals surface area (Å²) in [5.74, 6) is -0.271. The fourth-order valence-corrected chi connectivity index (χ4v) is 1.96. The molecule has 2 aromatic rings. The predicted molar refractivity (Wildman–Crippen MR) is 89.1 cm³/mol. The van der Waals surface area contributed by atoms with Gasteiger partial charge in [-0.3, -0.25) is 14.3 Å². The lowest BCUT2D eigenvalue weighted by Crippen LogP contribution is -2.22. The number of nitrogens with one attached hydrogen (secondary N) is 2. The number of carbonyl (C=O) groups is 2. The number of amides is 2. The molecule has 1 aromatic heterocycles. The number of benzene rings is 1. The van der Waals surface area contributed by atoms with E-state index in [9.17, 15) is 9.59 Å². The van der Waals surface area contributed by atoms with Gasteiger partial charge in [-0.15, -0.1) is 0 Å². The highest BCUT2D eigenvalue weighted by Crippen LogP contribution is 2.16. The van der Waals surface area contributed by atoms with Gasteiger partial charge in [0.25, 0.3) is 5.91 Å². The topological polar surface area (TPSA) is 76.0 Å². The van der Waals surface area contributed by atoms with Crippen LogP contribution in [-0.4, -0.2) is 21.6 Å². The first-order valence-electron chi connectivity index (χ1n) is 7.45. The van der Waals surface area contributed by atoms with Gasteiger partial charge in [-0.2, -0.15) is 5.10 Å². The molecule has 0 aliphatic carbocycles. The van der Waals surface area contributed by atoms with Crippen molar-refractivity contribution in [2.24, 2.45) is 0 Å². The summed E-state index contributed by atoms with van der Waals surface area (Å²) >= 11 is 0. The average Bonchev–Trinajstić information content (AvgIpc) is 2.94. The van der Waals surface area contributed by atoms with E-state index >= 15 is 0 Å². The number of aromatic nitrogens is 2. The zero-order chi connectivity index (χ0) is 17.0. The van der Waals surface area contributed by atoms with Crippen LogP contribution >= 0.6 is 0 Å². The standard InChI is InChI=1S/C17H22N4O2/c1-12(22)18-9-13-5-7-14(8-6-13)16(23)20-15-10-19-21(11-15)17(2,3)4/h5-8,10-11H,9H2,1-4H3,(H,18,22)(H,20,23). The van der Waals surface area contributed by atoms with Gasteiger partial charge in [0.2, 0.25) is 5.91 Å². The van der Waals surface area contributed by atoms with E-state index in [1.807, 2.05) is 39.1 Å². The molecule has 0 spiro atoms. The Morgan fingerprint density at radius 3 is 2.35 bits per heavy atom. The van der Waals surface area contributed by atoms with Gasteiger partial charge in [-0.25, -0.2) is 0 Å². The van der Waals surface area contributed by atoms with Crippen molar-refractivity contribution < 1.29 is 9.59 Å². The van der Waals surface area contributed by atoms with Gasteiger partial charge in [-0.1, -0.05) is 12.1 Å². The van der Waals surface area contributed by atoms with E-state index in [-0.39, 0.29) is 17.4 Å². The number of nitrogens with zero attached hydrogens (tertiary/aromatic N) is 2. The van der Waals surface area contributed by atoms with E-state index in [0.29, 0.717) is 17.8 Å². The molecule has 0 fully saturated rings. The zero-order valence-corrected chi connectivity index (χ0v) is 13.9. The normalized spacial score (nSPS) is 11.1. The third-order valence-corrected chi connectivity index (χ3v) is 3.29. The maximum Gasteiger partial charge on any atom is 0.255 e. The maximum absolute atomic E-state index is 12.2. The van der Waals surface area contributed by atoms with Crippen LogP contribution in [0.2, 0.25) is 0 Å². The first kappa shape index (κ1) is 16.7. The quantitative estimate of drug-likeness (QED) is 0.910. The summed E-state index contributed by atoms with van der Waals surface area (Å²) in [6, 6.07) is 7.12. The minimum atomic E-state index is -0.190. The molecule has 2 N–H and O–H groups in total. The molecule has 2 amide bonds. The Kier molecular flexibility index (Phi) is 4.83. The van der Waals surface area contributed by atoms with E-state index in [1.165, 1.54) is 6.92 Å². The van der Waals surface area contributed by atoms with Crippen LogP contribution in [0.1, 0.15) is 43.6 Å². The minimum Gasteiger partial charge on any atom is -0.352 e. The lowest BCUT2D eigenvalue weighted by atomic mass is 10.1. The highest BCUT2D eigenvalue weighted by molar-refractivity contribution is 6.04. The predicted octanol–water partition coefficient (Wildman–Crippen LogP) is 2.53. The molecule has 0 aliphatic heterocycles. The van der Waals surface area contributed by atoms with E-state index in [4.69, 9.17) is 0 Å². The van der Waals surface area contributed by atoms with Crippen LogP contribution in [-0.2, 0) is 16.9 Å². The van der Waals surface area contributed by atoms with Crippen molar-refractivity contribution in [2.75, 3.05) is 5.32 Å². The molecule has 0 radical (unpaired) electrons. The molecule has 6 heteroatoms. The van der Waals surface area contributed by atoms with Crippen molar-refractivity contribution in [1.29, 1.82) is 0 Å². The van der Waals surface area contributed by atoms with Crippen LogP contribution in [0.25, 0.3) is 0 Å². The molecule has 1 aromatic carbocycles. The third-order valence-electron chi connectivity index (χ3n) is 3.29. The molecular weight excluding hydrogens is 292 g/mol. The van der Waals surface area contributed by atoms with Crippen LogP contribution in [0.4, 0.5) is 5.69 Å². The second-order valence-corrected chi connectivity index (χ2v) is 6.41. The maximum atomic E-state index is 12.2. The highest BCUT2D eigenvalue weighted by atomic mass is 16.2. The number of rotatable bonds is 4. The van der Waals surface area contributed by atoms with E-state index < -0.39 is 0 Å². The lowest BCUT2D eigenvalue weighted by Gasteiger charge is -2.18. The molecule has 0 bridgehead atoms. The van der Waals surface area contributed by atoms with Gasteiger partial charge in [0.05, 0.1) is 17.4 Å². The number of anilines is 1. The fourth-order valence-electron chi connectivity index (χ4n) is 1.96. The summed E-state index contributed by atoms with van der Waals surface area (Å²) in [6.07, 6.45) is 3.44. The van der Waals surface area contributed by atoms with Gasteiger partial charge < -0.3 is 10.6 Å². The second kappa shape index (κ2) is 6.64. The summed E-state index contributed by atoms with van der Waals surface area (Å²) in [5, 5.41) is 9.80. The Labute approximate surface area is 135 Å². The average molecular weight is 314 g/mol. The Morgan fingerprint density at radius 1 is 1.17 bits per heavy atom. The van der Waals surface area contributed by atoms with Crippen molar-refractivity contribution in [3.05, 3.63) is 47.8 Å². The second-order valence-electron chi connectivity index (χ2n) is 6.41. The molecule has 6 nitrogen and oxygen atoms in total. The van der Waals surface area contributed by atoms with Crippen molar-refractivity contribution in [3.63, 3.8) is 0 Å². The van der Waals surface area contributed by atoms with Crippen molar-refractivity contribution >= 4 is 17.5 Å². The molecule has 0 atom stereocenters. The Hall–Kier alpha value is -2.63. The molecule has 122 valence electrons. The fraction of sp³-hybridized carbons (Fsp3) is 0.353. The smallest absolute Gasteiger partial charge is 0.255 e. The van der Waals surface area contributed by atoms with Gasteiger partial charge in [0.1, 0.15) is 0 Å². The van der Waals surface area contributed by atoms with E-state index in [0.717, 1.165) is 5.56 Å². The molecule has 0 unspecified atom stereocenters. The van der Waals surface area contributed by atoms with E-state index in [2.05, 4.69) is 15.7 Å². The van der Waals surface area contributed by atoms with Gasteiger partial charge in [0.15, 0.2) is 0 Å². The summed E-state index contributed by atoms with van der Waals surface area (Å²) in [4.78, 5) is 23.1. The number of hydrogen-bond acceptors (Lipinski definition) is 3. The summed E-state index contributed by atoms with van der Waals surface area (Å²) in [6.45, 7) is 8.05. The Bertz CT molecular complexity index is 696. The van der Waals surface area contributed by atoms with Gasteiger partial charge >= 0.3 is 0 Å². The number of carbonyl (C=O) groups excluding carboxylic acids is 2. The Morgan fingerprint density at radius 2 is 1.83 bits per heavy atom. The Balaban J connectivity index is 2.00. The monoisotopic (exact) mass is 314 g/mol. The van der Waals surface area contributed by atoms with Crippen molar-refractivity contribution in [3.8, 4) is 0 Å². The summed E-state index contributed by atoms with van der Waals surface area (Å²) < 4.78 is 1.80. The highest BCUT2D eigenvalue weighted by Gasteiger charge is 2.15. The lowest BCUT2D eigenvalue weighted by molar-refractivity contribution is -0.119. The van der Waals surface area contributed by atoms with Crippen LogP contribution in [0.3, 0.4) is 0 Å². The first-order valence-corrected chi connectivity index (χ1v) is 7.45. The van der Waals surface area contributed by atoms with Gasteiger partial charge in [-0.05, 0) is 38.5 Å². The largest absolute Gasteiger partial charge is 0.352 e. The zero-order valence-electron chi connectivity index (χ0n) is 13.9. The molecular formula is C17H22N4O2. The molecule has 0 saturated carbocycles. The minimum absolute atomic E-state index is 0.0809. The van der Waals surface area contributed by atoms with Crippen molar-refractivity contribution in [2.45, 2.75) is 39.8 Å². The third kappa shape index (κ3) is 4.67. The molecule has 0 saturated heterocycles. The molecule has 1 heterocycles. The first-order chi connectivity index (χ1) is 10.8. The van der Waals surface area contributed by atoms with Crippen LogP contribution < -0.4 is 10.6 Å². The van der Waals surface area contributed by atoms with Crippen LogP contribution in [0.15, 0.2) is 36.7 Å². The molecule has 0 aliphatic rings. The van der Waals surface area contributed by atoms with E-state index in [1.54, 1.807) is 23.0 Å². The number of hydrogen-bond donors (Lipinski definition) is 2. The molecule has 23 heavy (non-hydrogen) atoms. The van der Waals surface area contributed by atoms with Crippen molar-refractivity contribution in [1.82, 2.24) is 15.1 Å². The summed E-state index contributed by atoms with van der Waals surface area (Å²) in [5.41, 5.74) is 2.03.